The second kappa shape index (κ2) is 6.33. The molecule has 0 bridgehead atoms. The van der Waals surface area contributed by atoms with Gasteiger partial charge in [-0.1, -0.05) is 26.8 Å². The van der Waals surface area contributed by atoms with Gasteiger partial charge in [0, 0.05) is 5.92 Å². The molecule has 0 heterocycles. The van der Waals surface area contributed by atoms with E-state index in [1.165, 1.54) is 7.11 Å². The van der Waals surface area contributed by atoms with E-state index in [1.54, 1.807) is 12.1 Å². The fourth-order valence-corrected chi connectivity index (χ4v) is 3.00. The molecular formula is C18H24O3. The highest BCUT2D eigenvalue weighted by Gasteiger charge is 2.32. The van der Waals surface area contributed by atoms with E-state index < -0.39 is 0 Å². The average Bonchev–Trinajstić information content (AvgIpc) is 2.43. The summed E-state index contributed by atoms with van der Waals surface area (Å²) in [6, 6.07) is 5.23. The van der Waals surface area contributed by atoms with Crippen LogP contribution in [0.4, 0.5) is 0 Å². The van der Waals surface area contributed by atoms with E-state index >= 15 is 0 Å². The number of phenolic OH excluding ortho intramolecular Hbond substituents is 1. The quantitative estimate of drug-likeness (QED) is 0.853. The Bertz CT molecular complexity index is 558. The first-order valence-electron chi connectivity index (χ1n) is 7.56. The van der Waals surface area contributed by atoms with E-state index in [9.17, 15) is 9.90 Å². The number of carbonyl (C=O) groups excluding carboxylic acids is 1. The molecule has 1 aliphatic carbocycles. The topological polar surface area (TPSA) is 46.5 Å². The molecule has 1 fully saturated rings. The molecule has 0 aromatic heterocycles. The summed E-state index contributed by atoms with van der Waals surface area (Å²) in [5.41, 5.74) is 1.72. The lowest BCUT2D eigenvalue weighted by Crippen LogP contribution is -2.30. The summed E-state index contributed by atoms with van der Waals surface area (Å²) in [6.45, 7) is 6.31. The highest BCUT2D eigenvalue weighted by atomic mass is 16.5. The zero-order chi connectivity index (χ0) is 15.6. The summed E-state index contributed by atoms with van der Waals surface area (Å²) >= 11 is 0. The number of methoxy groups -OCH3 is 1. The molecule has 2 rings (SSSR count). The lowest BCUT2D eigenvalue weighted by Gasteiger charge is -2.30. The van der Waals surface area contributed by atoms with Gasteiger partial charge in [-0.3, -0.25) is 4.79 Å². The number of hydrogen-bond donors (Lipinski definition) is 1. The van der Waals surface area contributed by atoms with Crippen molar-refractivity contribution < 1.29 is 14.6 Å². The Morgan fingerprint density at radius 2 is 2.05 bits per heavy atom. The Hall–Kier alpha value is -1.77. The standard InChI is InChI=1S/C18H24O3/c1-11(2)14-7-5-12(3)15(18(14)20)9-13-6-8-17(21-4)16(19)10-13/h6,8-12,14,19H,5,7H2,1-4H3/t12-,14+/m0/s1. The molecule has 3 heteroatoms. The largest absolute Gasteiger partial charge is 0.504 e. The first kappa shape index (κ1) is 15.6. The molecule has 0 saturated heterocycles. The van der Waals surface area contributed by atoms with Crippen LogP contribution in [0.15, 0.2) is 23.8 Å². The Morgan fingerprint density at radius 3 is 2.62 bits per heavy atom. The van der Waals surface area contributed by atoms with Crippen molar-refractivity contribution in [2.45, 2.75) is 33.6 Å². The van der Waals surface area contributed by atoms with Crippen LogP contribution in [0.25, 0.3) is 6.08 Å². The number of phenols is 1. The van der Waals surface area contributed by atoms with Crippen LogP contribution in [0.1, 0.15) is 39.2 Å². The molecule has 21 heavy (non-hydrogen) atoms. The van der Waals surface area contributed by atoms with Crippen molar-refractivity contribution in [1.29, 1.82) is 0 Å². The molecule has 0 aliphatic heterocycles. The summed E-state index contributed by atoms with van der Waals surface area (Å²) in [7, 11) is 1.52. The monoisotopic (exact) mass is 288 g/mol. The molecule has 1 aromatic rings. The van der Waals surface area contributed by atoms with Crippen LogP contribution in [-0.4, -0.2) is 18.0 Å². The lowest BCUT2D eigenvalue weighted by atomic mass is 9.73. The lowest BCUT2D eigenvalue weighted by molar-refractivity contribution is -0.122. The Kier molecular flexibility index (Phi) is 4.71. The summed E-state index contributed by atoms with van der Waals surface area (Å²) in [4.78, 5) is 12.6. The van der Waals surface area contributed by atoms with Crippen molar-refractivity contribution in [3.05, 3.63) is 29.3 Å². The molecule has 0 unspecified atom stereocenters. The molecular weight excluding hydrogens is 264 g/mol. The van der Waals surface area contributed by atoms with E-state index in [2.05, 4.69) is 20.8 Å². The maximum Gasteiger partial charge on any atom is 0.162 e. The summed E-state index contributed by atoms with van der Waals surface area (Å²) in [6.07, 6.45) is 3.94. The first-order chi connectivity index (χ1) is 9.93. The predicted molar refractivity (Wildman–Crippen MR) is 84.4 cm³/mol. The molecule has 114 valence electrons. The van der Waals surface area contributed by atoms with Crippen molar-refractivity contribution in [3.63, 3.8) is 0 Å². The van der Waals surface area contributed by atoms with Crippen LogP contribution in [0, 0.1) is 17.8 Å². The summed E-state index contributed by atoms with van der Waals surface area (Å²) in [5.74, 6) is 1.58. The van der Waals surface area contributed by atoms with Crippen molar-refractivity contribution in [1.82, 2.24) is 0 Å². The van der Waals surface area contributed by atoms with Crippen LogP contribution in [0.3, 0.4) is 0 Å². The number of aromatic hydroxyl groups is 1. The SMILES string of the molecule is COc1ccc(C=C2C(=O)[C@@H](C(C)C)CC[C@@H]2C)cc1O. The van der Waals surface area contributed by atoms with Gasteiger partial charge >= 0.3 is 0 Å². The van der Waals surface area contributed by atoms with E-state index in [-0.39, 0.29) is 23.4 Å². The van der Waals surface area contributed by atoms with Crippen molar-refractivity contribution in [2.75, 3.05) is 7.11 Å². The second-order valence-corrected chi connectivity index (χ2v) is 6.22. The fourth-order valence-electron chi connectivity index (χ4n) is 3.00. The minimum absolute atomic E-state index is 0.100. The predicted octanol–water partition coefficient (Wildman–Crippen LogP) is 4.06. The van der Waals surface area contributed by atoms with Gasteiger partial charge in [0.15, 0.2) is 17.3 Å². The minimum Gasteiger partial charge on any atom is -0.504 e. The molecule has 1 N–H and O–H groups in total. The number of allylic oxidation sites excluding steroid dienone is 1. The van der Waals surface area contributed by atoms with Gasteiger partial charge in [0.25, 0.3) is 0 Å². The number of ether oxygens (including phenoxy) is 1. The number of hydrogen-bond acceptors (Lipinski definition) is 3. The highest BCUT2D eigenvalue weighted by molar-refractivity contribution is 6.02. The van der Waals surface area contributed by atoms with E-state index in [0.29, 0.717) is 11.7 Å². The van der Waals surface area contributed by atoms with Crippen molar-refractivity contribution in [2.24, 2.45) is 17.8 Å². The number of Topliss-reactive ketones (excluding diaryl/α,β-unsaturated/α-hetero) is 1. The maximum absolute atomic E-state index is 12.6. The third-order valence-electron chi connectivity index (χ3n) is 4.39. The molecule has 0 amide bonds. The van der Waals surface area contributed by atoms with E-state index in [4.69, 9.17) is 4.74 Å². The van der Waals surface area contributed by atoms with Gasteiger partial charge in [-0.15, -0.1) is 0 Å². The zero-order valence-electron chi connectivity index (χ0n) is 13.2. The number of carbonyl (C=O) groups is 1. The van der Waals surface area contributed by atoms with Crippen LogP contribution >= 0.6 is 0 Å². The molecule has 1 aliphatic rings. The Morgan fingerprint density at radius 1 is 1.33 bits per heavy atom. The second-order valence-electron chi connectivity index (χ2n) is 6.22. The maximum atomic E-state index is 12.6. The number of rotatable bonds is 3. The fraction of sp³-hybridized carbons (Fsp3) is 0.500. The first-order valence-corrected chi connectivity index (χ1v) is 7.56. The van der Waals surface area contributed by atoms with Gasteiger partial charge in [0.1, 0.15) is 0 Å². The number of benzene rings is 1. The molecule has 1 saturated carbocycles. The van der Waals surface area contributed by atoms with Gasteiger partial charge in [0.2, 0.25) is 0 Å². The van der Waals surface area contributed by atoms with Crippen LogP contribution in [0.5, 0.6) is 11.5 Å². The summed E-state index contributed by atoms with van der Waals surface area (Å²) in [5, 5.41) is 9.85. The van der Waals surface area contributed by atoms with Crippen LogP contribution < -0.4 is 4.74 Å². The van der Waals surface area contributed by atoms with Crippen LogP contribution in [-0.2, 0) is 4.79 Å². The van der Waals surface area contributed by atoms with Gasteiger partial charge in [-0.25, -0.2) is 0 Å². The van der Waals surface area contributed by atoms with Gasteiger partial charge in [-0.05, 0) is 54.0 Å². The normalized spacial score (nSPS) is 24.6. The van der Waals surface area contributed by atoms with Crippen LogP contribution in [0.2, 0.25) is 0 Å². The zero-order valence-corrected chi connectivity index (χ0v) is 13.2. The van der Waals surface area contributed by atoms with E-state index in [1.807, 2.05) is 12.1 Å². The average molecular weight is 288 g/mol. The smallest absolute Gasteiger partial charge is 0.162 e. The molecule has 0 radical (unpaired) electrons. The van der Waals surface area contributed by atoms with E-state index in [0.717, 1.165) is 24.0 Å². The molecule has 2 atom stereocenters. The third kappa shape index (κ3) is 3.29. The van der Waals surface area contributed by atoms with Crippen molar-refractivity contribution >= 4 is 11.9 Å². The van der Waals surface area contributed by atoms with Crippen molar-refractivity contribution in [3.8, 4) is 11.5 Å². The molecule has 3 nitrogen and oxygen atoms in total. The number of ketones is 1. The summed E-state index contributed by atoms with van der Waals surface area (Å²) < 4.78 is 5.04. The third-order valence-corrected chi connectivity index (χ3v) is 4.39. The van der Waals surface area contributed by atoms with Gasteiger partial charge in [0.05, 0.1) is 7.11 Å². The molecule has 0 spiro atoms. The minimum atomic E-state index is 0.100. The molecule has 1 aromatic carbocycles. The Labute approximate surface area is 126 Å². The Balaban J connectivity index is 2.33. The van der Waals surface area contributed by atoms with Gasteiger partial charge in [-0.2, -0.15) is 0 Å². The highest BCUT2D eigenvalue weighted by Crippen LogP contribution is 2.36. The van der Waals surface area contributed by atoms with Gasteiger partial charge < -0.3 is 9.84 Å².